The lowest BCUT2D eigenvalue weighted by Gasteiger charge is -2.09. The van der Waals surface area contributed by atoms with Crippen LogP contribution in [0.2, 0.25) is 0 Å². The van der Waals surface area contributed by atoms with E-state index in [-0.39, 0.29) is 18.2 Å². The summed E-state index contributed by atoms with van der Waals surface area (Å²) < 4.78 is 5.19. The summed E-state index contributed by atoms with van der Waals surface area (Å²) >= 11 is 0. The van der Waals surface area contributed by atoms with Crippen LogP contribution < -0.4 is 5.32 Å². The molecule has 100 valence electrons. The molecule has 1 atom stereocenters. The van der Waals surface area contributed by atoms with Crippen molar-refractivity contribution in [3.05, 3.63) is 23.7 Å². The Morgan fingerprint density at radius 1 is 1.39 bits per heavy atom. The number of amides is 1. The molecule has 0 spiro atoms. The van der Waals surface area contributed by atoms with Crippen molar-refractivity contribution in [1.29, 1.82) is 0 Å². The van der Waals surface area contributed by atoms with Gasteiger partial charge in [0, 0.05) is 13.0 Å². The Labute approximate surface area is 106 Å². The number of nitrogens with one attached hydrogen (secondary N) is 1. The van der Waals surface area contributed by atoms with Crippen molar-refractivity contribution in [2.45, 2.75) is 33.1 Å². The van der Waals surface area contributed by atoms with Gasteiger partial charge in [-0.15, -0.1) is 0 Å². The fourth-order valence-electron chi connectivity index (χ4n) is 1.59. The summed E-state index contributed by atoms with van der Waals surface area (Å²) in [6, 6.07) is 3.38. The Balaban J connectivity index is 2.21. The van der Waals surface area contributed by atoms with Crippen molar-refractivity contribution in [3.63, 3.8) is 0 Å². The fraction of sp³-hybridized carbons (Fsp3) is 0.538. The van der Waals surface area contributed by atoms with E-state index >= 15 is 0 Å². The molecule has 1 aromatic rings. The molecule has 0 saturated carbocycles. The number of rotatable bonds is 7. The second kappa shape index (κ2) is 6.83. The number of hydrogen-bond donors (Lipinski definition) is 2. The molecule has 0 bridgehead atoms. The van der Waals surface area contributed by atoms with Crippen LogP contribution in [0, 0.1) is 12.8 Å². The standard InChI is InChI=1S/C13H19NO4/c1-9(3-6-12(15)16)7-8-14-13(17)11-5-4-10(2)18-11/h4-5,9H,3,6-8H2,1-2H3,(H,14,17)(H,15,16). The quantitative estimate of drug-likeness (QED) is 0.780. The molecule has 2 N–H and O–H groups in total. The number of hydrogen-bond acceptors (Lipinski definition) is 3. The van der Waals surface area contributed by atoms with E-state index in [1.54, 1.807) is 19.1 Å². The van der Waals surface area contributed by atoms with Gasteiger partial charge < -0.3 is 14.8 Å². The van der Waals surface area contributed by atoms with Gasteiger partial charge in [0.1, 0.15) is 5.76 Å². The maximum absolute atomic E-state index is 11.6. The van der Waals surface area contributed by atoms with E-state index in [1.165, 1.54) is 0 Å². The van der Waals surface area contributed by atoms with Gasteiger partial charge in [-0.2, -0.15) is 0 Å². The Hall–Kier alpha value is -1.78. The van der Waals surface area contributed by atoms with Crippen molar-refractivity contribution in [1.82, 2.24) is 5.32 Å². The molecule has 0 aliphatic carbocycles. The first-order valence-electron chi connectivity index (χ1n) is 6.05. The van der Waals surface area contributed by atoms with Crippen LogP contribution >= 0.6 is 0 Å². The molecular weight excluding hydrogens is 234 g/mol. The highest BCUT2D eigenvalue weighted by Crippen LogP contribution is 2.10. The van der Waals surface area contributed by atoms with Crippen LogP contribution in [-0.4, -0.2) is 23.5 Å². The highest BCUT2D eigenvalue weighted by atomic mass is 16.4. The van der Waals surface area contributed by atoms with Crippen LogP contribution in [-0.2, 0) is 4.79 Å². The van der Waals surface area contributed by atoms with E-state index < -0.39 is 5.97 Å². The molecule has 1 amide bonds. The predicted octanol–water partition coefficient (Wildman–Crippen LogP) is 2.21. The highest BCUT2D eigenvalue weighted by molar-refractivity contribution is 5.91. The van der Waals surface area contributed by atoms with E-state index in [1.807, 2.05) is 6.92 Å². The first-order valence-corrected chi connectivity index (χ1v) is 6.05. The van der Waals surface area contributed by atoms with Crippen LogP contribution in [0.4, 0.5) is 0 Å². The van der Waals surface area contributed by atoms with Crippen molar-refractivity contribution in [2.24, 2.45) is 5.92 Å². The van der Waals surface area contributed by atoms with Gasteiger partial charge in [0.2, 0.25) is 0 Å². The van der Waals surface area contributed by atoms with Gasteiger partial charge in [-0.1, -0.05) is 6.92 Å². The van der Waals surface area contributed by atoms with Crippen molar-refractivity contribution < 1.29 is 19.1 Å². The number of carbonyl (C=O) groups excluding carboxylic acids is 1. The monoisotopic (exact) mass is 253 g/mol. The van der Waals surface area contributed by atoms with Crippen LogP contribution in [0.15, 0.2) is 16.5 Å². The molecule has 1 aromatic heterocycles. The molecule has 5 nitrogen and oxygen atoms in total. The summed E-state index contributed by atoms with van der Waals surface area (Å²) in [4.78, 5) is 22.0. The lowest BCUT2D eigenvalue weighted by Crippen LogP contribution is -2.25. The van der Waals surface area contributed by atoms with Gasteiger partial charge in [0.25, 0.3) is 5.91 Å². The number of carbonyl (C=O) groups is 2. The average Bonchev–Trinajstić information content (AvgIpc) is 2.73. The van der Waals surface area contributed by atoms with E-state index in [9.17, 15) is 9.59 Å². The van der Waals surface area contributed by atoms with Crippen LogP contribution in [0.5, 0.6) is 0 Å². The molecular formula is C13H19NO4. The number of aryl methyl sites for hydroxylation is 1. The van der Waals surface area contributed by atoms with Crippen LogP contribution in [0.1, 0.15) is 42.5 Å². The maximum Gasteiger partial charge on any atom is 0.303 e. The lowest BCUT2D eigenvalue weighted by molar-refractivity contribution is -0.137. The zero-order valence-corrected chi connectivity index (χ0v) is 10.7. The zero-order chi connectivity index (χ0) is 13.5. The molecule has 1 heterocycles. The first-order chi connectivity index (χ1) is 8.49. The van der Waals surface area contributed by atoms with Crippen molar-refractivity contribution >= 4 is 11.9 Å². The third-order valence-corrected chi connectivity index (χ3v) is 2.74. The molecule has 0 aliphatic heterocycles. The van der Waals surface area contributed by atoms with E-state index in [0.29, 0.717) is 24.5 Å². The third-order valence-electron chi connectivity index (χ3n) is 2.74. The Morgan fingerprint density at radius 3 is 2.67 bits per heavy atom. The zero-order valence-electron chi connectivity index (χ0n) is 10.7. The molecule has 0 radical (unpaired) electrons. The van der Waals surface area contributed by atoms with Crippen LogP contribution in [0.3, 0.4) is 0 Å². The summed E-state index contributed by atoms with van der Waals surface area (Å²) in [7, 11) is 0. The van der Waals surface area contributed by atoms with Crippen LogP contribution in [0.25, 0.3) is 0 Å². The number of carboxylic acid groups (broad SMARTS) is 1. The SMILES string of the molecule is Cc1ccc(C(=O)NCCC(C)CCC(=O)O)o1. The molecule has 5 heteroatoms. The van der Waals surface area contributed by atoms with Gasteiger partial charge in [-0.05, 0) is 37.8 Å². The molecule has 0 aromatic carbocycles. The Bertz CT molecular complexity index is 411. The fourth-order valence-corrected chi connectivity index (χ4v) is 1.59. The second-order valence-electron chi connectivity index (χ2n) is 4.49. The maximum atomic E-state index is 11.6. The van der Waals surface area contributed by atoms with E-state index in [2.05, 4.69) is 5.32 Å². The predicted molar refractivity (Wildman–Crippen MR) is 66.4 cm³/mol. The third kappa shape index (κ3) is 5.03. The molecule has 0 saturated heterocycles. The lowest BCUT2D eigenvalue weighted by atomic mass is 10.0. The largest absolute Gasteiger partial charge is 0.481 e. The van der Waals surface area contributed by atoms with Gasteiger partial charge >= 0.3 is 5.97 Å². The topological polar surface area (TPSA) is 79.5 Å². The normalized spacial score (nSPS) is 12.1. The summed E-state index contributed by atoms with van der Waals surface area (Å²) in [5.74, 6) is 0.283. The minimum atomic E-state index is -0.781. The first kappa shape index (κ1) is 14.3. The molecule has 0 aliphatic rings. The Morgan fingerprint density at radius 2 is 2.11 bits per heavy atom. The van der Waals surface area contributed by atoms with E-state index in [0.717, 1.165) is 6.42 Å². The molecule has 1 unspecified atom stereocenters. The van der Waals surface area contributed by atoms with Gasteiger partial charge in [0.05, 0.1) is 0 Å². The minimum absolute atomic E-state index is 0.173. The summed E-state index contributed by atoms with van der Waals surface area (Å²) in [6.07, 6.45) is 1.57. The average molecular weight is 253 g/mol. The highest BCUT2D eigenvalue weighted by Gasteiger charge is 2.10. The van der Waals surface area contributed by atoms with Gasteiger partial charge in [-0.3, -0.25) is 9.59 Å². The smallest absolute Gasteiger partial charge is 0.303 e. The van der Waals surface area contributed by atoms with Crippen molar-refractivity contribution in [2.75, 3.05) is 6.54 Å². The molecule has 1 rings (SSSR count). The second-order valence-corrected chi connectivity index (χ2v) is 4.49. The van der Waals surface area contributed by atoms with Gasteiger partial charge in [0.15, 0.2) is 5.76 Å². The number of furan rings is 1. The molecule has 0 fully saturated rings. The summed E-state index contributed by atoms with van der Waals surface area (Å²) in [6.45, 7) is 4.29. The number of carboxylic acids is 1. The summed E-state index contributed by atoms with van der Waals surface area (Å²) in [5, 5.41) is 11.3. The van der Waals surface area contributed by atoms with Crippen molar-refractivity contribution in [3.8, 4) is 0 Å². The van der Waals surface area contributed by atoms with E-state index in [4.69, 9.17) is 9.52 Å². The molecule has 18 heavy (non-hydrogen) atoms. The minimum Gasteiger partial charge on any atom is -0.481 e. The number of aliphatic carboxylic acids is 1. The van der Waals surface area contributed by atoms with Gasteiger partial charge in [-0.25, -0.2) is 0 Å². The Kier molecular flexibility index (Phi) is 5.42. The summed E-state index contributed by atoms with van der Waals surface area (Å²) in [5.41, 5.74) is 0.